The summed E-state index contributed by atoms with van der Waals surface area (Å²) in [7, 11) is 0. The Labute approximate surface area is 107 Å². The van der Waals surface area contributed by atoms with Crippen LogP contribution < -0.4 is 10.6 Å². The van der Waals surface area contributed by atoms with Gasteiger partial charge in [-0.1, -0.05) is 6.07 Å². The van der Waals surface area contributed by atoms with E-state index in [0.29, 0.717) is 19.5 Å². The predicted molar refractivity (Wildman–Crippen MR) is 68.9 cm³/mol. The Hall–Kier alpha value is -1.91. The van der Waals surface area contributed by atoms with Gasteiger partial charge in [0.25, 0.3) is 0 Å². The second kappa shape index (κ2) is 8.22. The Balaban J connectivity index is 2.04. The van der Waals surface area contributed by atoms with E-state index in [-0.39, 0.29) is 11.8 Å². The second-order valence-electron chi connectivity index (χ2n) is 4.05. The van der Waals surface area contributed by atoms with Crippen molar-refractivity contribution in [1.29, 1.82) is 0 Å². The van der Waals surface area contributed by atoms with E-state index in [2.05, 4.69) is 15.6 Å². The molecule has 0 unspecified atom stereocenters. The molecule has 0 bridgehead atoms. The molecule has 98 valence electrons. The van der Waals surface area contributed by atoms with Crippen molar-refractivity contribution in [3.8, 4) is 0 Å². The molecule has 0 spiro atoms. The van der Waals surface area contributed by atoms with Crippen LogP contribution in [-0.4, -0.2) is 29.9 Å². The Morgan fingerprint density at radius 2 is 2.11 bits per heavy atom. The molecule has 1 rings (SSSR count). The lowest BCUT2D eigenvalue weighted by molar-refractivity contribution is -0.121. The number of hydrogen-bond donors (Lipinski definition) is 2. The molecule has 0 fully saturated rings. The second-order valence-corrected chi connectivity index (χ2v) is 4.05. The number of hydrogen-bond acceptors (Lipinski definition) is 3. The first kappa shape index (κ1) is 14.2. The van der Waals surface area contributed by atoms with E-state index in [4.69, 9.17) is 0 Å². The molecular formula is C13H19N3O2. The zero-order valence-corrected chi connectivity index (χ0v) is 10.6. The van der Waals surface area contributed by atoms with E-state index < -0.39 is 0 Å². The van der Waals surface area contributed by atoms with Crippen molar-refractivity contribution in [2.24, 2.45) is 0 Å². The molecule has 0 aliphatic heterocycles. The third-order valence-electron chi connectivity index (χ3n) is 2.41. The third kappa shape index (κ3) is 6.62. The molecule has 0 saturated carbocycles. The van der Waals surface area contributed by atoms with Crippen molar-refractivity contribution in [1.82, 2.24) is 15.6 Å². The van der Waals surface area contributed by atoms with Crippen molar-refractivity contribution in [3.05, 3.63) is 30.1 Å². The fraction of sp³-hybridized carbons (Fsp3) is 0.462. The molecule has 0 aromatic carbocycles. The van der Waals surface area contributed by atoms with E-state index in [1.165, 1.54) is 12.5 Å². The van der Waals surface area contributed by atoms with Gasteiger partial charge in [-0.15, -0.1) is 0 Å². The summed E-state index contributed by atoms with van der Waals surface area (Å²) < 4.78 is 0. The third-order valence-corrected chi connectivity index (χ3v) is 2.41. The fourth-order valence-electron chi connectivity index (χ4n) is 1.51. The first-order valence-electron chi connectivity index (χ1n) is 6.08. The molecule has 0 radical (unpaired) electrons. The lowest BCUT2D eigenvalue weighted by atomic mass is 10.1. The number of rotatable bonds is 7. The van der Waals surface area contributed by atoms with Gasteiger partial charge in [0.15, 0.2) is 0 Å². The van der Waals surface area contributed by atoms with Crippen LogP contribution >= 0.6 is 0 Å². The van der Waals surface area contributed by atoms with Crippen LogP contribution in [-0.2, 0) is 16.0 Å². The minimum Gasteiger partial charge on any atom is -0.356 e. The molecule has 0 aliphatic carbocycles. The van der Waals surface area contributed by atoms with Gasteiger partial charge < -0.3 is 10.6 Å². The summed E-state index contributed by atoms with van der Waals surface area (Å²) in [5.74, 6) is -0.144. The first-order chi connectivity index (χ1) is 8.68. The highest BCUT2D eigenvalue weighted by Crippen LogP contribution is 1.99. The molecule has 2 amide bonds. The number of carbonyl (C=O) groups excluding carboxylic acids is 2. The lowest BCUT2D eigenvalue weighted by Crippen LogP contribution is -2.30. The van der Waals surface area contributed by atoms with Crippen LogP contribution in [0.4, 0.5) is 0 Å². The summed E-state index contributed by atoms with van der Waals surface area (Å²) >= 11 is 0. The monoisotopic (exact) mass is 249 g/mol. The van der Waals surface area contributed by atoms with Gasteiger partial charge in [-0.2, -0.15) is 0 Å². The summed E-state index contributed by atoms with van der Waals surface area (Å²) in [5, 5.41) is 5.40. The Kier molecular flexibility index (Phi) is 6.46. The molecule has 0 aliphatic rings. The molecule has 2 N–H and O–H groups in total. The Morgan fingerprint density at radius 3 is 2.78 bits per heavy atom. The average Bonchev–Trinajstić information content (AvgIpc) is 2.35. The van der Waals surface area contributed by atoms with Gasteiger partial charge in [0.05, 0.1) is 0 Å². The van der Waals surface area contributed by atoms with Crippen LogP contribution in [0.15, 0.2) is 24.5 Å². The number of nitrogens with one attached hydrogen (secondary N) is 2. The maximum Gasteiger partial charge on any atom is 0.221 e. The number of pyridine rings is 1. The van der Waals surface area contributed by atoms with Crippen molar-refractivity contribution in [2.75, 3.05) is 13.1 Å². The summed E-state index contributed by atoms with van der Waals surface area (Å²) in [5.41, 5.74) is 1.17. The molecule has 5 nitrogen and oxygen atoms in total. The van der Waals surface area contributed by atoms with Gasteiger partial charge in [-0.25, -0.2) is 0 Å². The predicted octanol–water partition coefficient (Wildman–Crippen LogP) is 0.657. The van der Waals surface area contributed by atoms with Crippen LogP contribution in [0, 0.1) is 0 Å². The van der Waals surface area contributed by atoms with Gasteiger partial charge in [0.2, 0.25) is 11.8 Å². The molecule has 5 heteroatoms. The minimum atomic E-state index is -0.112. The molecule has 1 aromatic rings. The van der Waals surface area contributed by atoms with Gasteiger partial charge in [-0.3, -0.25) is 14.6 Å². The van der Waals surface area contributed by atoms with E-state index in [1.807, 2.05) is 18.3 Å². The molecule has 1 aromatic heterocycles. The van der Waals surface area contributed by atoms with Crippen LogP contribution in [0.5, 0.6) is 0 Å². The van der Waals surface area contributed by atoms with Crippen LogP contribution in [0.2, 0.25) is 0 Å². The molecular weight excluding hydrogens is 230 g/mol. The smallest absolute Gasteiger partial charge is 0.221 e. The first-order valence-corrected chi connectivity index (χ1v) is 6.08. The van der Waals surface area contributed by atoms with Gasteiger partial charge in [0.1, 0.15) is 0 Å². The zero-order valence-electron chi connectivity index (χ0n) is 10.6. The van der Waals surface area contributed by atoms with E-state index in [0.717, 1.165) is 12.8 Å². The maximum absolute atomic E-state index is 11.4. The standard InChI is InChI=1S/C13H19N3O2/c1-11(17)15-9-6-13(18)16-8-3-5-12-4-2-7-14-10-12/h2,4,7,10H,3,5-6,8-9H2,1H3,(H,15,17)(H,16,18). The summed E-state index contributed by atoms with van der Waals surface area (Å²) in [4.78, 5) is 26.0. The quantitative estimate of drug-likeness (QED) is 0.697. The highest BCUT2D eigenvalue weighted by molar-refractivity contribution is 5.77. The normalized spacial score (nSPS) is 9.83. The topological polar surface area (TPSA) is 71.1 Å². The summed E-state index contributed by atoms with van der Waals surface area (Å²) in [6.45, 7) is 2.48. The number of aryl methyl sites for hydroxylation is 1. The highest BCUT2D eigenvalue weighted by Gasteiger charge is 2.00. The molecule has 0 saturated heterocycles. The van der Waals surface area contributed by atoms with E-state index in [9.17, 15) is 9.59 Å². The highest BCUT2D eigenvalue weighted by atomic mass is 16.2. The minimum absolute atomic E-state index is 0.0325. The molecule has 1 heterocycles. The van der Waals surface area contributed by atoms with E-state index >= 15 is 0 Å². The largest absolute Gasteiger partial charge is 0.356 e. The maximum atomic E-state index is 11.4. The molecule has 18 heavy (non-hydrogen) atoms. The number of aromatic nitrogens is 1. The Bertz CT molecular complexity index is 379. The van der Waals surface area contributed by atoms with Crippen molar-refractivity contribution in [3.63, 3.8) is 0 Å². The van der Waals surface area contributed by atoms with Crippen LogP contribution in [0.3, 0.4) is 0 Å². The lowest BCUT2D eigenvalue weighted by Gasteiger charge is -2.05. The van der Waals surface area contributed by atoms with Gasteiger partial charge in [0, 0.05) is 38.8 Å². The Morgan fingerprint density at radius 1 is 1.28 bits per heavy atom. The average molecular weight is 249 g/mol. The van der Waals surface area contributed by atoms with Crippen LogP contribution in [0.25, 0.3) is 0 Å². The summed E-state index contributed by atoms with van der Waals surface area (Å²) in [6, 6.07) is 3.92. The van der Waals surface area contributed by atoms with E-state index in [1.54, 1.807) is 6.20 Å². The van der Waals surface area contributed by atoms with Crippen molar-refractivity contribution < 1.29 is 9.59 Å². The fourth-order valence-corrected chi connectivity index (χ4v) is 1.51. The number of nitrogens with zero attached hydrogens (tertiary/aromatic N) is 1. The van der Waals surface area contributed by atoms with Crippen molar-refractivity contribution >= 4 is 11.8 Å². The SMILES string of the molecule is CC(=O)NCCC(=O)NCCCc1cccnc1. The summed E-state index contributed by atoms with van der Waals surface area (Å²) in [6.07, 6.45) is 5.69. The number of carbonyl (C=O) groups is 2. The zero-order chi connectivity index (χ0) is 13.2. The van der Waals surface area contributed by atoms with Crippen LogP contribution in [0.1, 0.15) is 25.3 Å². The van der Waals surface area contributed by atoms with Gasteiger partial charge >= 0.3 is 0 Å². The van der Waals surface area contributed by atoms with Gasteiger partial charge in [-0.05, 0) is 24.5 Å². The van der Waals surface area contributed by atoms with Crippen molar-refractivity contribution in [2.45, 2.75) is 26.2 Å². The molecule has 0 atom stereocenters. The number of amides is 2.